The zero-order valence-electron chi connectivity index (χ0n) is 32.2. The maximum Gasteiger partial charge on any atom is 0.0160 e. The average molecular weight is 982 g/mol. The molecule has 0 N–H and O–H groups in total. The van der Waals surface area contributed by atoms with E-state index in [0.717, 1.165) is 33.4 Å². The summed E-state index contributed by atoms with van der Waals surface area (Å²) >= 11 is -3.17. The molecule has 5 heteroatoms. The summed E-state index contributed by atoms with van der Waals surface area (Å²) in [5.41, 5.74) is 7.54. The van der Waals surface area contributed by atoms with E-state index in [0.29, 0.717) is 0 Å². The zero-order chi connectivity index (χ0) is 38.6. The van der Waals surface area contributed by atoms with E-state index >= 15 is 0 Å². The van der Waals surface area contributed by atoms with E-state index in [9.17, 15) is 0 Å². The zero-order valence-corrected chi connectivity index (χ0v) is 36.6. The molecule has 4 heterocycles. The summed E-state index contributed by atoms with van der Waals surface area (Å²) in [7, 11) is 0. The third-order valence-electron chi connectivity index (χ3n) is 10.7. The number of aryl methyl sites for hydroxylation is 2. The molecule has 3 aromatic heterocycles. The summed E-state index contributed by atoms with van der Waals surface area (Å²) in [5.74, 6) is 0. The van der Waals surface area contributed by atoms with Crippen molar-refractivity contribution in [1.29, 1.82) is 0 Å². The number of hydrogen-bond acceptors (Lipinski definition) is 3. The van der Waals surface area contributed by atoms with Gasteiger partial charge in [0.05, 0.1) is 0 Å². The van der Waals surface area contributed by atoms with Crippen molar-refractivity contribution in [2.24, 2.45) is 0 Å². The molecule has 0 saturated heterocycles. The number of benzene rings is 7. The molecule has 0 fully saturated rings. The van der Waals surface area contributed by atoms with Gasteiger partial charge in [-0.1, -0.05) is 31.2 Å². The van der Waals surface area contributed by atoms with Crippen LogP contribution in [0.15, 0.2) is 195 Å². The summed E-state index contributed by atoms with van der Waals surface area (Å²) in [6.07, 6.45) is 5.68. The normalized spacial score (nSPS) is 12.0. The Morgan fingerprint density at radius 2 is 1.12 bits per heavy atom. The second kappa shape index (κ2) is 17.2. The van der Waals surface area contributed by atoms with Crippen LogP contribution in [0.5, 0.6) is 0 Å². The first-order valence-electron chi connectivity index (χ1n) is 19.2. The molecule has 0 saturated carbocycles. The van der Waals surface area contributed by atoms with Crippen LogP contribution in [0.25, 0.3) is 55.0 Å². The number of nitrogens with zero attached hydrogens (tertiary/aromatic N) is 3. The first kappa shape index (κ1) is 38.8. The van der Waals surface area contributed by atoms with E-state index in [-0.39, 0.29) is 20.1 Å². The molecule has 0 amide bonds. The van der Waals surface area contributed by atoms with Crippen molar-refractivity contribution in [2.45, 2.75) is 13.8 Å². The molecule has 0 aliphatic carbocycles. The molecular formula is C53H38GeIrN3. The largest absolute Gasteiger partial charge is 0.305 e. The smallest absolute Gasteiger partial charge is 0.0160 e. The van der Waals surface area contributed by atoms with Gasteiger partial charge in [-0.2, -0.15) is 0 Å². The van der Waals surface area contributed by atoms with Gasteiger partial charge in [0.15, 0.2) is 0 Å². The van der Waals surface area contributed by atoms with Crippen molar-refractivity contribution < 1.29 is 20.1 Å². The van der Waals surface area contributed by atoms with Gasteiger partial charge in [0.1, 0.15) is 0 Å². The molecule has 0 unspecified atom stereocenters. The predicted molar refractivity (Wildman–Crippen MR) is 239 cm³/mol. The van der Waals surface area contributed by atoms with Crippen LogP contribution in [0, 0.1) is 32.0 Å². The summed E-state index contributed by atoms with van der Waals surface area (Å²) in [5, 5.41) is 6.45. The number of hydrogen-bond donors (Lipinski definition) is 0. The van der Waals surface area contributed by atoms with Crippen LogP contribution in [0.1, 0.15) is 11.1 Å². The third kappa shape index (κ3) is 7.20. The second-order valence-corrected chi connectivity index (χ2v) is 22.1. The molecule has 1 aliphatic heterocycles. The number of aromatic nitrogens is 3. The van der Waals surface area contributed by atoms with E-state index < -0.39 is 13.3 Å². The van der Waals surface area contributed by atoms with Gasteiger partial charge in [0, 0.05) is 12.4 Å². The van der Waals surface area contributed by atoms with Crippen molar-refractivity contribution in [3.8, 4) is 22.5 Å². The first-order chi connectivity index (χ1) is 28.1. The topological polar surface area (TPSA) is 38.7 Å². The molecule has 10 aromatic rings. The van der Waals surface area contributed by atoms with Crippen LogP contribution in [-0.4, -0.2) is 28.2 Å². The van der Waals surface area contributed by atoms with Gasteiger partial charge in [-0.15, -0.1) is 71.3 Å². The average Bonchev–Trinajstić information content (AvgIpc) is 3.60. The molecule has 7 aromatic carbocycles. The molecule has 1 aliphatic rings. The minimum absolute atomic E-state index is 0. The quantitative estimate of drug-likeness (QED) is 0.100. The van der Waals surface area contributed by atoms with E-state index in [1.165, 1.54) is 50.3 Å². The fourth-order valence-corrected chi connectivity index (χ4v) is 19.0. The Bertz CT molecular complexity index is 2740. The Kier molecular flexibility index (Phi) is 11.5. The second-order valence-electron chi connectivity index (χ2n) is 14.2. The molecule has 0 bridgehead atoms. The van der Waals surface area contributed by atoms with Crippen LogP contribution in [0.2, 0.25) is 0 Å². The molecule has 0 atom stereocenters. The SMILES string of the molecule is Cc1c[c-]c(-c2ccc(C)cn2)cc1.[Ir+3].[c-]1cccc2c1c1ncc[c]3c1c1[c](cccc21)[Ge]3([c]1ccccc1)[c]1ccccc1.[c-]1ccccc1-c1ccccn1. The van der Waals surface area contributed by atoms with E-state index in [4.69, 9.17) is 4.98 Å². The van der Waals surface area contributed by atoms with Gasteiger partial charge in [-0.25, -0.2) is 0 Å². The van der Waals surface area contributed by atoms with Crippen molar-refractivity contribution in [1.82, 2.24) is 15.0 Å². The third-order valence-corrected chi connectivity index (χ3v) is 20.8. The number of rotatable bonds is 4. The van der Waals surface area contributed by atoms with Crippen molar-refractivity contribution >= 4 is 63.3 Å². The maximum atomic E-state index is 4.91. The van der Waals surface area contributed by atoms with Crippen LogP contribution < -0.4 is 17.6 Å². The van der Waals surface area contributed by atoms with Crippen molar-refractivity contribution in [3.05, 3.63) is 224 Å². The van der Waals surface area contributed by atoms with Gasteiger partial charge in [-0.3, -0.25) is 0 Å². The predicted octanol–water partition coefficient (Wildman–Crippen LogP) is 9.74. The van der Waals surface area contributed by atoms with Crippen LogP contribution in [0.4, 0.5) is 0 Å². The Labute approximate surface area is 356 Å². The Morgan fingerprint density at radius 1 is 0.448 bits per heavy atom. The van der Waals surface area contributed by atoms with Gasteiger partial charge < -0.3 is 9.97 Å². The summed E-state index contributed by atoms with van der Waals surface area (Å²) in [6, 6.07) is 71.6. The monoisotopic (exact) mass is 983 g/mol. The summed E-state index contributed by atoms with van der Waals surface area (Å²) < 4.78 is 5.96. The molecule has 11 rings (SSSR count). The molecule has 278 valence electrons. The van der Waals surface area contributed by atoms with E-state index in [1.54, 1.807) is 6.20 Å². The van der Waals surface area contributed by atoms with Crippen molar-refractivity contribution in [3.63, 3.8) is 0 Å². The standard InChI is InChI=1S/C29H18GeN.C13H12N.C11H8N.Ir/c1-3-10-20(11-4-1)30(21-12-5-2-6-13-21)25-17-9-16-23-22-14-7-8-15-24(22)29-28(27(23)25)26(30)18-19-31-29;1-10-3-6-12(7-4-10)13-8-5-11(2)9-14-13;1-2-6-10(7-3-1)11-8-4-5-9-12-11;/h1-14,16-19H;3-6,8-9H,1-2H3;1-6,8-9H;/q3*-1;+3. The van der Waals surface area contributed by atoms with Crippen LogP contribution in [0.3, 0.4) is 0 Å². The van der Waals surface area contributed by atoms with Gasteiger partial charge in [-0.05, 0) is 29.9 Å². The molecular weight excluding hydrogens is 943 g/mol. The van der Waals surface area contributed by atoms with Crippen LogP contribution >= 0.6 is 0 Å². The Balaban J connectivity index is 0.000000144. The van der Waals surface area contributed by atoms with Gasteiger partial charge >= 0.3 is 204 Å². The van der Waals surface area contributed by atoms with Crippen LogP contribution in [-0.2, 0) is 20.1 Å². The molecule has 0 radical (unpaired) electrons. The minimum Gasteiger partial charge on any atom is -0.305 e. The van der Waals surface area contributed by atoms with E-state index in [1.807, 2.05) is 86.0 Å². The molecule has 0 spiro atoms. The minimum atomic E-state index is -3.17. The molecule has 3 nitrogen and oxygen atoms in total. The van der Waals surface area contributed by atoms with Gasteiger partial charge in [0.25, 0.3) is 0 Å². The Morgan fingerprint density at radius 3 is 1.79 bits per heavy atom. The van der Waals surface area contributed by atoms with Gasteiger partial charge in [0.2, 0.25) is 0 Å². The molecule has 58 heavy (non-hydrogen) atoms. The maximum absolute atomic E-state index is 4.91. The number of pyridine rings is 3. The summed E-state index contributed by atoms with van der Waals surface area (Å²) in [6.45, 7) is 4.10. The first-order valence-corrected chi connectivity index (χ1v) is 23.4. The number of fused-ring (bicyclic) bond motifs is 3. The fraction of sp³-hybridized carbons (Fsp3) is 0.0377. The summed E-state index contributed by atoms with van der Waals surface area (Å²) in [4.78, 5) is 13.5. The fourth-order valence-electron chi connectivity index (χ4n) is 8.11. The van der Waals surface area contributed by atoms with E-state index in [2.05, 4.69) is 144 Å². The van der Waals surface area contributed by atoms with Crippen molar-refractivity contribution in [2.75, 3.05) is 0 Å². The Hall–Kier alpha value is -6.04.